The summed E-state index contributed by atoms with van der Waals surface area (Å²) in [5.74, 6) is -3.93. The zero-order valence-corrected chi connectivity index (χ0v) is 7.09. The maximum atomic E-state index is 11.8. The first-order chi connectivity index (χ1) is 6.34. The lowest BCUT2D eigenvalue weighted by atomic mass is 10.2. The third-order valence-corrected chi connectivity index (χ3v) is 1.13. The maximum Gasteiger partial charge on any atom is 0.455 e. The minimum atomic E-state index is -5.21. The third-order valence-electron chi connectivity index (χ3n) is 1.13. The highest BCUT2D eigenvalue weighted by molar-refractivity contribution is 6.19. The number of ketones is 1. The number of rotatable bonds is 3. The number of carbonyl (C=O) groups excluding carboxylic acids is 2. The average molecular weight is 212 g/mol. The van der Waals surface area contributed by atoms with E-state index in [1.807, 2.05) is 0 Å². The quantitative estimate of drug-likeness (QED) is 0.250. The Hall–Kier alpha value is -1.53. The standard InChI is InChI=1S/C7H7F3O4/c1-2-14-6(13)4(3-11)5(12)7(8,9)10/h3,11H,2H2,1H3/b4-3-. The second-order valence-corrected chi connectivity index (χ2v) is 2.09. The third kappa shape index (κ3) is 3.08. The number of Topliss-reactive ketones (excluding diaryl/α,β-unsaturated/α-hetero) is 1. The zero-order valence-electron chi connectivity index (χ0n) is 7.09. The Labute approximate surface area is 77.0 Å². The highest BCUT2D eigenvalue weighted by Gasteiger charge is 2.43. The summed E-state index contributed by atoms with van der Waals surface area (Å²) in [6, 6.07) is 0. The molecule has 0 aromatic heterocycles. The second kappa shape index (κ2) is 4.64. The van der Waals surface area contributed by atoms with Gasteiger partial charge in [-0.2, -0.15) is 13.2 Å². The number of aliphatic hydroxyl groups is 1. The fourth-order valence-corrected chi connectivity index (χ4v) is 0.566. The molecule has 0 radical (unpaired) electrons. The van der Waals surface area contributed by atoms with Gasteiger partial charge in [0, 0.05) is 0 Å². The lowest BCUT2D eigenvalue weighted by Crippen LogP contribution is -2.29. The fourth-order valence-electron chi connectivity index (χ4n) is 0.566. The molecule has 0 atom stereocenters. The Morgan fingerprint density at radius 3 is 2.21 bits per heavy atom. The minimum absolute atomic E-state index is 0.193. The molecule has 0 unspecified atom stereocenters. The molecule has 0 saturated carbocycles. The Morgan fingerprint density at radius 1 is 1.43 bits per heavy atom. The van der Waals surface area contributed by atoms with Crippen LogP contribution in [0.3, 0.4) is 0 Å². The second-order valence-electron chi connectivity index (χ2n) is 2.09. The number of hydrogen-bond acceptors (Lipinski definition) is 4. The van der Waals surface area contributed by atoms with Crippen LogP contribution in [0.2, 0.25) is 0 Å². The number of esters is 1. The van der Waals surface area contributed by atoms with Gasteiger partial charge in [0.1, 0.15) is 5.57 Å². The normalized spacial score (nSPS) is 12.4. The van der Waals surface area contributed by atoms with Crippen molar-refractivity contribution in [3.05, 3.63) is 11.8 Å². The van der Waals surface area contributed by atoms with Crippen LogP contribution in [0.4, 0.5) is 13.2 Å². The Morgan fingerprint density at radius 2 is 1.93 bits per heavy atom. The van der Waals surface area contributed by atoms with Crippen molar-refractivity contribution < 1.29 is 32.6 Å². The van der Waals surface area contributed by atoms with E-state index < -0.39 is 23.5 Å². The molecule has 0 saturated heterocycles. The SMILES string of the molecule is CCOC(=O)/C(=C\O)C(=O)C(F)(F)F. The van der Waals surface area contributed by atoms with Crippen molar-refractivity contribution in [1.29, 1.82) is 0 Å². The van der Waals surface area contributed by atoms with E-state index in [2.05, 4.69) is 4.74 Å². The van der Waals surface area contributed by atoms with Crippen LogP contribution in [0.5, 0.6) is 0 Å². The molecule has 14 heavy (non-hydrogen) atoms. The van der Waals surface area contributed by atoms with Gasteiger partial charge in [0.25, 0.3) is 5.78 Å². The van der Waals surface area contributed by atoms with Crippen molar-refractivity contribution in [3.8, 4) is 0 Å². The Kier molecular flexibility index (Phi) is 4.13. The summed E-state index contributed by atoms with van der Waals surface area (Å²) >= 11 is 0. The number of alkyl halides is 3. The number of carbonyl (C=O) groups is 2. The molecule has 0 aromatic carbocycles. The summed E-state index contributed by atoms with van der Waals surface area (Å²) in [5, 5.41) is 8.27. The summed E-state index contributed by atoms with van der Waals surface area (Å²) in [6.07, 6.45) is -5.42. The van der Waals surface area contributed by atoms with E-state index in [1.165, 1.54) is 6.92 Å². The van der Waals surface area contributed by atoms with E-state index in [0.717, 1.165) is 0 Å². The highest BCUT2D eigenvalue weighted by Crippen LogP contribution is 2.21. The van der Waals surface area contributed by atoms with Crippen molar-refractivity contribution in [2.24, 2.45) is 0 Å². The van der Waals surface area contributed by atoms with Crippen LogP contribution < -0.4 is 0 Å². The fraction of sp³-hybridized carbons (Fsp3) is 0.429. The van der Waals surface area contributed by atoms with Gasteiger partial charge in [-0.3, -0.25) is 4.79 Å². The van der Waals surface area contributed by atoms with E-state index in [1.54, 1.807) is 0 Å². The topological polar surface area (TPSA) is 63.6 Å². The summed E-state index contributed by atoms with van der Waals surface area (Å²) in [6.45, 7) is 1.16. The molecule has 0 aromatic rings. The molecule has 0 heterocycles. The zero-order chi connectivity index (χ0) is 11.4. The van der Waals surface area contributed by atoms with Crippen molar-refractivity contribution in [1.82, 2.24) is 0 Å². The van der Waals surface area contributed by atoms with Crippen molar-refractivity contribution in [3.63, 3.8) is 0 Å². The molecule has 0 rings (SSSR count). The van der Waals surface area contributed by atoms with E-state index >= 15 is 0 Å². The molecule has 7 heteroatoms. The molecule has 0 aliphatic heterocycles. The average Bonchev–Trinajstić information content (AvgIpc) is 2.04. The number of ether oxygens (including phenoxy) is 1. The van der Waals surface area contributed by atoms with Crippen LogP contribution in [0.1, 0.15) is 6.92 Å². The first-order valence-corrected chi connectivity index (χ1v) is 3.47. The van der Waals surface area contributed by atoms with Gasteiger partial charge in [-0.1, -0.05) is 0 Å². The van der Waals surface area contributed by atoms with Crippen LogP contribution in [0.25, 0.3) is 0 Å². The van der Waals surface area contributed by atoms with Crippen molar-refractivity contribution in [2.45, 2.75) is 13.1 Å². The van der Waals surface area contributed by atoms with E-state index in [4.69, 9.17) is 5.11 Å². The predicted molar refractivity (Wildman–Crippen MR) is 38.4 cm³/mol. The minimum Gasteiger partial charge on any atom is -0.515 e. The molecular weight excluding hydrogens is 205 g/mol. The van der Waals surface area contributed by atoms with Crippen LogP contribution in [-0.4, -0.2) is 29.6 Å². The molecule has 0 fully saturated rings. The van der Waals surface area contributed by atoms with Gasteiger partial charge in [0.05, 0.1) is 12.9 Å². The summed E-state index contributed by atoms with van der Waals surface area (Å²) in [5.41, 5.74) is -1.43. The highest BCUT2D eigenvalue weighted by atomic mass is 19.4. The molecule has 80 valence electrons. The van der Waals surface area contributed by atoms with Gasteiger partial charge in [-0.05, 0) is 6.92 Å². The number of halogens is 3. The van der Waals surface area contributed by atoms with Crippen molar-refractivity contribution in [2.75, 3.05) is 6.61 Å². The smallest absolute Gasteiger partial charge is 0.455 e. The monoisotopic (exact) mass is 212 g/mol. The number of aliphatic hydroxyl groups excluding tert-OH is 1. The molecule has 0 spiro atoms. The first-order valence-electron chi connectivity index (χ1n) is 3.47. The number of hydrogen-bond donors (Lipinski definition) is 1. The molecule has 4 nitrogen and oxygen atoms in total. The largest absolute Gasteiger partial charge is 0.515 e. The van der Waals surface area contributed by atoms with Crippen LogP contribution in [-0.2, 0) is 14.3 Å². The molecule has 0 aliphatic carbocycles. The Balaban J connectivity index is 4.77. The van der Waals surface area contributed by atoms with Gasteiger partial charge >= 0.3 is 12.1 Å². The van der Waals surface area contributed by atoms with Crippen molar-refractivity contribution >= 4 is 11.8 Å². The van der Waals surface area contributed by atoms with E-state index in [9.17, 15) is 22.8 Å². The van der Waals surface area contributed by atoms with Crippen LogP contribution >= 0.6 is 0 Å². The van der Waals surface area contributed by atoms with Crippen LogP contribution in [0.15, 0.2) is 11.8 Å². The van der Waals surface area contributed by atoms with Gasteiger partial charge in [0.15, 0.2) is 0 Å². The molecule has 0 bridgehead atoms. The van der Waals surface area contributed by atoms with E-state index in [-0.39, 0.29) is 12.9 Å². The van der Waals surface area contributed by atoms with Gasteiger partial charge in [-0.15, -0.1) is 0 Å². The molecule has 0 amide bonds. The summed E-state index contributed by atoms with van der Waals surface area (Å²) in [7, 11) is 0. The summed E-state index contributed by atoms with van der Waals surface area (Å²) < 4.78 is 39.5. The van der Waals surface area contributed by atoms with Gasteiger partial charge in [0.2, 0.25) is 0 Å². The van der Waals surface area contributed by atoms with Gasteiger partial charge < -0.3 is 9.84 Å². The maximum absolute atomic E-state index is 11.8. The lowest BCUT2D eigenvalue weighted by molar-refractivity contribution is -0.168. The van der Waals surface area contributed by atoms with E-state index in [0.29, 0.717) is 0 Å². The first kappa shape index (κ1) is 12.5. The predicted octanol–water partition coefficient (Wildman–Crippen LogP) is 1.12. The van der Waals surface area contributed by atoms with Crippen LogP contribution in [0, 0.1) is 0 Å². The summed E-state index contributed by atoms with van der Waals surface area (Å²) in [4.78, 5) is 21.1. The molecule has 0 aliphatic rings. The Bertz CT molecular complexity index is 267. The lowest BCUT2D eigenvalue weighted by Gasteiger charge is -2.06. The molecular formula is C7H7F3O4. The molecule has 1 N–H and O–H groups in total. The van der Waals surface area contributed by atoms with Gasteiger partial charge in [-0.25, -0.2) is 4.79 Å².